The Hall–Kier alpha value is -1.06. The maximum atomic E-state index is 11.2. The molecule has 1 aliphatic rings. The van der Waals surface area contributed by atoms with E-state index in [0.717, 1.165) is 17.9 Å². The number of halogens is 1. The Morgan fingerprint density at radius 2 is 2.33 bits per heavy atom. The van der Waals surface area contributed by atoms with Gasteiger partial charge in [-0.3, -0.25) is 9.69 Å². The summed E-state index contributed by atoms with van der Waals surface area (Å²) in [5.74, 6) is -0.748. The van der Waals surface area contributed by atoms with Gasteiger partial charge in [-0.25, -0.2) is 0 Å². The molecule has 98 valence electrons. The molecule has 0 heterocycles. The monoisotopic (exact) mass is 267 g/mol. The molecule has 2 rings (SSSR count). The van der Waals surface area contributed by atoms with Crippen molar-refractivity contribution >= 4 is 17.6 Å². The predicted molar refractivity (Wildman–Crippen MR) is 72.0 cm³/mol. The predicted octanol–water partition coefficient (Wildman–Crippen LogP) is 3.12. The molecule has 2 unspecified atom stereocenters. The molecule has 0 aliphatic heterocycles. The lowest BCUT2D eigenvalue weighted by molar-refractivity contribution is -0.143. The molecule has 0 saturated carbocycles. The fraction of sp³-hybridized carbons (Fsp3) is 0.500. The summed E-state index contributed by atoms with van der Waals surface area (Å²) in [4.78, 5) is 13.2. The first-order valence-corrected chi connectivity index (χ1v) is 6.65. The van der Waals surface area contributed by atoms with Gasteiger partial charge in [-0.1, -0.05) is 24.6 Å². The second-order valence-electron chi connectivity index (χ2n) is 4.83. The van der Waals surface area contributed by atoms with Gasteiger partial charge in [-0.2, -0.15) is 0 Å². The van der Waals surface area contributed by atoms with Crippen molar-refractivity contribution in [2.75, 3.05) is 7.05 Å². The average molecular weight is 268 g/mol. The van der Waals surface area contributed by atoms with Gasteiger partial charge in [0.1, 0.15) is 6.04 Å². The Morgan fingerprint density at radius 1 is 1.61 bits per heavy atom. The second kappa shape index (κ2) is 5.29. The molecule has 3 nitrogen and oxygen atoms in total. The lowest BCUT2D eigenvalue weighted by Crippen LogP contribution is -2.39. The molecule has 0 aromatic heterocycles. The van der Waals surface area contributed by atoms with Crippen LogP contribution in [0.4, 0.5) is 0 Å². The zero-order chi connectivity index (χ0) is 13.3. The SMILES string of the molecule is CCC(C(=O)O)N(C)C1CCc2cc(Cl)ccc21. The number of aryl methyl sites for hydroxylation is 1. The van der Waals surface area contributed by atoms with E-state index >= 15 is 0 Å². The van der Waals surface area contributed by atoms with E-state index in [-0.39, 0.29) is 6.04 Å². The van der Waals surface area contributed by atoms with Gasteiger partial charge in [-0.15, -0.1) is 0 Å². The van der Waals surface area contributed by atoms with Gasteiger partial charge >= 0.3 is 5.97 Å². The molecule has 0 spiro atoms. The Morgan fingerprint density at radius 3 is 2.94 bits per heavy atom. The summed E-state index contributed by atoms with van der Waals surface area (Å²) in [6.07, 6.45) is 2.56. The van der Waals surface area contributed by atoms with Crippen molar-refractivity contribution in [2.24, 2.45) is 0 Å². The first-order valence-electron chi connectivity index (χ1n) is 6.27. The van der Waals surface area contributed by atoms with E-state index in [0.29, 0.717) is 6.42 Å². The molecule has 4 heteroatoms. The minimum absolute atomic E-state index is 0.193. The Kier molecular flexibility index (Phi) is 3.93. The molecular formula is C14H18ClNO2. The number of nitrogens with zero attached hydrogens (tertiary/aromatic N) is 1. The first-order chi connectivity index (χ1) is 8.54. The van der Waals surface area contributed by atoms with Gasteiger partial charge < -0.3 is 5.11 Å². The maximum absolute atomic E-state index is 11.2. The van der Waals surface area contributed by atoms with E-state index in [9.17, 15) is 9.90 Å². The highest BCUT2D eigenvalue weighted by Gasteiger charge is 2.32. The molecule has 0 fully saturated rings. The van der Waals surface area contributed by atoms with E-state index in [1.165, 1.54) is 11.1 Å². The van der Waals surface area contributed by atoms with Crippen molar-refractivity contribution in [2.45, 2.75) is 38.3 Å². The standard InChI is InChI=1S/C14H18ClNO2/c1-3-12(14(17)18)16(2)13-7-4-9-8-10(15)5-6-11(9)13/h5-6,8,12-13H,3-4,7H2,1-2H3,(H,17,18). The van der Waals surface area contributed by atoms with E-state index in [1.54, 1.807) is 0 Å². The zero-order valence-corrected chi connectivity index (χ0v) is 11.4. The van der Waals surface area contributed by atoms with E-state index in [2.05, 4.69) is 0 Å². The third-order valence-electron chi connectivity index (χ3n) is 3.81. The summed E-state index contributed by atoms with van der Waals surface area (Å²) in [6, 6.07) is 5.68. The van der Waals surface area contributed by atoms with Crippen molar-refractivity contribution < 1.29 is 9.90 Å². The number of hydrogen-bond acceptors (Lipinski definition) is 2. The lowest BCUT2D eigenvalue weighted by Gasteiger charge is -2.30. The molecule has 1 aromatic rings. The minimum Gasteiger partial charge on any atom is -0.480 e. The molecule has 18 heavy (non-hydrogen) atoms. The maximum Gasteiger partial charge on any atom is 0.320 e. The van der Waals surface area contributed by atoms with Gasteiger partial charge in [0.05, 0.1) is 0 Å². The van der Waals surface area contributed by atoms with Crippen LogP contribution in [0.1, 0.15) is 36.9 Å². The second-order valence-corrected chi connectivity index (χ2v) is 5.26. The van der Waals surface area contributed by atoms with Crippen molar-refractivity contribution in [3.05, 3.63) is 34.3 Å². The molecular weight excluding hydrogens is 250 g/mol. The molecule has 0 amide bonds. The Balaban J connectivity index is 2.25. The summed E-state index contributed by atoms with van der Waals surface area (Å²) in [6.45, 7) is 1.91. The number of likely N-dealkylation sites (N-methyl/N-ethyl adjacent to an activating group) is 1. The van der Waals surface area contributed by atoms with Crippen LogP contribution in [0, 0.1) is 0 Å². The van der Waals surface area contributed by atoms with Crippen LogP contribution in [-0.2, 0) is 11.2 Å². The summed E-state index contributed by atoms with van der Waals surface area (Å²) >= 11 is 5.98. The number of carboxylic acids is 1. The van der Waals surface area contributed by atoms with Crippen molar-refractivity contribution in [1.29, 1.82) is 0 Å². The van der Waals surface area contributed by atoms with Crippen LogP contribution in [-0.4, -0.2) is 29.1 Å². The Bertz CT molecular complexity index is 461. The molecule has 1 aromatic carbocycles. The number of carboxylic acid groups (broad SMARTS) is 1. The molecule has 0 saturated heterocycles. The number of aliphatic carboxylic acids is 1. The van der Waals surface area contributed by atoms with Gasteiger partial charge in [0.2, 0.25) is 0 Å². The fourth-order valence-electron chi connectivity index (χ4n) is 2.84. The number of hydrogen-bond donors (Lipinski definition) is 1. The van der Waals surface area contributed by atoms with Gasteiger partial charge in [-0.05, 0) is 49.6 Å². The number of fused-ring (bicyclic) bond motifs is 1. The van der Waals surface area contributed by atoms with Crippen molar-refractivity contribution in [3.8, 4) is 0 Å². The van der Waals surface area contributed by atoms with Crippen LogP contribution < -0.4 is 0 Å². The third-order valence-corrected chi connectivity index (χ3v) is 4.04. The third kappa shape index (κ3) is 2.38. The molecule has 1 N–H and O–H groups in total. The highest BCUT2D eigenvalue weighted by atomic mass is 35.5. The largest absolute Gasteiger partial charge is 0.480 e. The van der Waals surface area contributed by atoms with Gasteiger partial charge in [0, 0.05) is 11.1 Å². The lowest BCUT2D eigenvalue weighted by atomic mass is 10.0. The quantitative estimate of drug-likeness (QED) is 0.911. The highest BCUT2D eigenvalue weighted by molar-refractivity contribution is 6.30. The van der Waals surface area contributed by atoms with Crippen LogP contribution in [0.2, 0.25) is 5.02 Å². The number of benzene rings is 1. The van der Waals surface area contributed by atoms with Gasteiger partial charge in [0.15, 0.2) is 0 Å². The number of rotatable bonds is 4. The minimum atomic E-state index is -0.748. The summed E-state index contributed by atoms with van der Waals surface area (Å²) in [5, 5.41) is 9.99. The zero-order valence-electron chi connectivity index (χ0n) is 10.7. The van der Waals surface area contributed by atoms with Crippen LogP contribution in [0.5, 0.6) is 0 Å². The highest BCUT2D eigenvalue weighted by Crippen LogP contribution is 2.37. The molecule has 2 atom stereocenters. The Labute approximate surface area is 112 Å². The van der Waals surface area contributed by atoms with E-state index < -0.39 is 12.0 Å². The van der Waals surface area contributed by atoms with E-state index in [4.69, 9.17) is 11.6 Å². The van der Waals surface area contributed by atoms with Crippen LogP contribution in [0.25, 0.3) is 0 Å². The van der Waals surface area contributed by atoms with Crippen LogP contribution >= 0.6 is 11.6 Å². The van der Waals surface area contributed by atoms with Crippen molar-refractivity contribution in [1.82, 2.24) is 4.90 Å². The normalized spacial score (nSPS) is 19.9. The summed E-state index contributed by atoms with van der Waals surface area (Å²) in [5.41, 5.74) is 2.47. The molecule has 0 bridgehead atoms. The molecule has 1 aliphatic carbocycles. The van der Waals surface area contributed by atoms with Gasteiger partial charge in [0.25, 0.3) is 0 Å². The fourth-order valence-corrected chi connectivity index (χ4v) is 3.04. The summed E-state index contributed by atoms with van der Waals surface area (Å²) in [7, 11) is 1.90. The summed E-state index contributed by atoms with van der Waals surface area (Å²) < 4.78 is 0. The van der Waals surface area contributed by atoms with Crippen LogP contribution in [0.3, 0.4) is 0 Å². The topological polar surface area (TPSA) is 40.5 Å². The molecule has 0 radical (unpaired) electrons. The first kappa shape index (κ1) is 13.4. The van der Waals surface area contributed by atoms with Crippen LogP contribution in [0.15, 0.2) is 18.2 Å². The van der Waals surface area contributed by atoms with Crippen molar-refractivity contribution in [3.63, 3.8) is 0 Å². The number of carbonyl (C=O) groups is 1. The average Bonchev–Trinajstić information content (AvgIpc) is 2.71. The smallest absolute Gasteiger partial charge is 0.320 e. The van der Waals surface area contributed by atoms with E-state index in [1.807, 2.05) is 37.1 Å².